The fraction of sp³-hybridized carbons (Fsp3) is 0.333. The standard InChI is InChI=1S/C12H16ClN3O2/c13-10-3-1-2-9(8-10)4-5-11(17)15-16-12(18)6-7-14/h1-3,8H,4-7,14H2,(H,15,17)(H,16,18). The molecule has 0 aromatic heterocycles. The molecule has 0 atom stereocenters. The molecule has 5 nitrogen and oxygen atoms in total. The molecule has 0 fully saturated rings. The van der Waals surface area contributed by atoms with Crippen LogP contribution in [-0.4, -0.2) is 18.4 Å². The fourth-order valence-electron chi connectivity index (χ4n) is 1.35. The Bertz CT molecular complexity index is 424. The summed E-state index contributed by atoms with van der Waals surface area (Å²) in [6.07, 6.45) is 1.04. The van der Waals surface area contributed by atoms with Gasteiger partial charge < -0.3 is 5.73 Å². The molecule has 0 heterocycles. The van der Waals surface area contributed by atoms with Gasteiger partial charge in [-0.25, -0.2) is 0 Å². The van der Waals surface area contributed by atoms with Gasteiger partial charge in [0.2, 0.25) is 11.8 Å². The highest BCUT2D eigenvalue weighted by Gasteiger charge is 2.04. The van der Waals surface area contributed by atoms with E-state index < -0.39 is 0 Å². The minimum Gasteiger partial charge on any atom is -0.330 e. The first-order valence-electron chi connectivity index (χ1n) is 5.64. The number of amides is 2. The number of aryl methyl sites for hydroxylation is 1. The van der Waals surface area contributed by atoms with Crippen molar-refractivity contribution in [2.75, 3.05) is 6.54 Å². The van der Waals surface area contributed by atoms with E-state index in [0.717, 1.165) is 5.56 Å². The first-order valence-corrected chi connectivity index (χ1v) is 6.02. The van der Waals surface area contributed by atoms with Gasteiger partial charge >= 0.3 is 0 Å². The number of nitrogens with one attached hydrogen (secondary N) is 2. The van der Waals surface area contributed by atoms with E-state index in [1.54, 1.807) is 6.07 Å². The minimum absolute atomic E-state index is 0.189. The lowest BCUT2D eigenvalue weighted by Crippen LogP contribution is -2.42. The monoisotopic (exact) mass is 269 g/mol. The van der Waals surface area contributed by atoms with Gasteiger partial charge in [0.1, 0.15) is 0 Å². The Kier molecular flexibility index (Phi) is 6.18. The summed E-state index contributed by atoms with van der Waals surface area (Å²) in [6, 6.07) is 7.31. The molecule has 6 heteroatoms. The summed E-state index contributed by atoms with van der Waals surface area (Å²) in [4.78, 5) is 22.5. The zero-order valence-electron chi connectivity index (χ0n) is 9.91. The second-order valence-corrected chi connectivity index (χ2v) is 4.20. The molecule has 0 radical (unpaired) electrons. The van der Waals surface area contributed by atoms with Crippen LogP contribution in [0.15, 0.2) is 24.3 Å². The van der Waals surface area contributed by atoms with Crippen LogP contribution in [0.3, 0.4) is 0 Å². The van der Waals surface area contributed by atoms with Gasteiger partial charge in [-0.1, -0.05) is 23.7 Å². The number of carbonyl (C=O) groups is 2. The van der Waals surface area contributed by atoms with E-state index in [1.165, 1.54) is 0 Å². The molecule has 0 saturated heterocycles. The van der Waals surface area contributed by atoms with Crippen molar-refractivity contribution in [3.63, 3.8) is 0 Å². The highest BCUT2D eigenvalue weighted by molar-refractivity contribution is 6.30. The third kappa shape index (κ3) is 5.65. The van der Waals surface area contributed by atoms with Crippen molar-refractivity contribution in [2.24, 2.45) is 5.73 Å². The van der Waals surface area contributed by atoms with Gasteiger partial charge in [0.05, 0.1) is 0 Å². The smallest absolute Gasteiger partial charge is 0.239 e. The molecule has 0 aliphatic rings. The summed E-state index contributed by atoms with van der Waals surface area (Å²) in [7, 11) is 0. The van der Waals surface area contributed by atoms with E-state index >= 15 is 0 Å². The van der Waals surface area contributed by atoms with Gasteiger partial charge in [0, 0.05) is 24.4 Å². The Morgan fingerprint density at radius 3 is 2.44 bits per heavy atom. The second kappa shape index (κ2) is 7.68. The Hall–Kier alpha value is -1.59. The molecule has 0 aliphatic heterocycles. The quantitative estimate of drug-likeness (QED) is 0.691. The number of nitrogens with two attached hydrogens (primary N) is 1. The van der Waals surface area contributed by atoms with Crippen LogP contribution in [0.1, 0.15) is 18.4 Å². The number of hydrazine groups is 1. The number of benzene rings is 1. The highest BCUT2D eigenvalue weighted by atomic mass is 35.5. The molecule has 98 valence electrons. The van der Waals surface area contributed by atoms with Gasteiger partial charge in [-0.05, 0) is 24.1 Å². The van der Waals surface area contributed by atoms with Crippen LogP contribution >= 0.6 is 11.6 Å². The van der Waals surface area contributed by atoms with Crippen LogP contribution in [0.5, 0.6) is 0 Å². The van der Waals surface area contributed by atoms with Crippen molar-refractivity contribution in [3.05, 3.63) is 34.9 Å². The molecule has 4 N–H and O–H groups in total. The lowest BCUT2D eigenvalue weighted by atomic mass is 10.1. The summed E-state index contributed by atoms with van der Waals surface area (Å²) < 4.78 is 0. The summed E-state index contributed by atoms with van der Waals surface area (Å²) in [5, 5.41) is 0.643. The molecule has 0 aliphatic carbocycles. The fourth-order valence-corrected chi connectivity index (χ4v) is 1.56. The topological polar surface area (TPSA) is 84.2 Å². The van der Waals surface area contributed by atoms with Crippen molar-refractivity contribution >= 4 is 23.4 Å². The molecule has 2 amide bonds. The number of hydrogen-bond donors (Lipinski definition) is 3. The van der Waals surface area contributed by atoms with Crippen LogP contribution in [0.25, 0.3) is 0 Å². The van der Waals surface area contributed by atoms with Crippen LogP contribution < -0.4 is 16.6 Å². The average Bonchev–Trinajstić information content (AvgIpc) is 2.34. The van der Waals surface area contributed by atoms with Crippen LogP contribution in [0.2, 0.25) is 5.02 Å². The van der Waals surface area contributed by atoms with Crippen molar-refractivity contribution < 1.29 is 9.59 Å². The first kappa shape index (κ1) is 14.5. The van der Waals surface area contributed by atoms with Crippen molar-refractivity contribution in [2.45, 2.75) is 19.3 Å². The molecule has 18 heavy (non-hydrogen) atoms. The van der Waals surface area contributed by atoms with Gasteiger partial charge in [0.15, 0.2) is 0 Å². The molecule has 1 rings (SSSR count). The summed E-state index contributed by atoms with van der Waals surface area (Å²) in [6.45, 7) is 0.254. The van der Waals surface area contributed by atoms with Crippen LogP contribution in [0.4, 0.5) is 0 Å². The van der Waals surface area contributed by atoms with Crippen LogP contribution in [0, 0.1) is 0 Å². The molecule has 1 aromatic carbocycles. The largest absolute Gasteiger partial charge is 0.330 e. The van der Waals surface area contributed by atoms with E-state index in [9.17, 15) is 9.59 Å². The number of halogens is 1. The number of rotatable bonds is 5. The lowest BCUT2D eigenvalue weighted by Gasteiger charge is -2.06. The Morgan fingerprint density at radius 2 is 1.83 bits per heavy atom. The maximum absolute atomic E-state index is 11.4. The zero-order chi connectivity index (χ0) is 13.4. The predicted octanol–water partition coefficient (Wildman–Crippen LogP) is 0.769. The number of carbonyl (C=O) groups excluding carboxylic acids is 2. The molecule has 0 unspecified atom stereocenters. The average molecular weight is 270 g/mol. The molecule has 0 bridgehead atoms. The van der Waals surface area contributed by atoms with Crippen molar-refractivity contribution in [3.8, 4) is 0 Å². The third-order valence-electron chi connectivity index (χ3n) is 2.24. The molecule has 0 saturated carbocycles. The highest BCUT2D eigenvalue weighted by Crippen LogP contribution is 2.11. The third-order valence-corrected chi connectivity index (χ3v) is 2.48. The SMILES string of the molecule is NCCC(=O)NNC(=O)CCc1cccc(Cl)c1. The zero-order valence-corrected chi connectivity index (χ0v) is 10.7. The lowest BCUT2D eigenvalue weighted by molar-refractivity contribution is -0.128. The Balaban J connectivity index is 2.27. The van der Waals surface area contributed by atoms with Gasteiger partial charge in [-0.3, -0.25) is 20.4 Å². The molecule has 1 aromatic rings. The Labute approximate surface area is 111 Å². The van der Waals surface area contributed by atoms with E-state index in [4.69, 9.17) is 17.3 Å². The van der Waals surface area contributed by atoms with E-state index in [2.05, 4.69) is 10.9 Å². The molecule has 0 spiro atoms. The van der Waals surface area contributed by atoms with Crippen molar-refractivity contribution in [1.82, 2.24) is 10.9 Å². The summed E-state index contributed by atoms with van der Waals surface area (Å²) >= 11 is 5.83. The maximum atomic E-state index is 11.4. The maximum Gasteiger partial charge on any atom is 0.239 e. The minimum atomic E-state index is -0.298. The molecular weight excluding hydrogens is 254 g/mol. The van der Waals surface area contributed by atoms with E-state index in [-0.39, 0.29) is 31.2 Å². The predicted molar refractivity (Wildman–Crippen MR) is 69.7 cm³/mol. The second-order valence-electron chi connectivity index (χ2n) is 3.76. The normalized spacial score (nSPS) is 9.89. The van der Waals surface area contributed by atoms with E-state index in [1.807, 2.05) is 18.2 Å². The first-order chi connectivity index (χ1) is 8.61. The summed E-state index contributed by atoms with van der Waals surface area (Å²) in [5.41, 5.74) is 10.8. The van der Waals surface area contributed by atoms with Gasteiger partial charge in [0.25, 0.3) is 0 Å². The van der Waals surface area contributed by atoms with Gasteiger partial charge in [-0.2, -0.15) is 0 Å². The van der Waals surface area contributed by atoms with Gasteiger partial charge in [-0.15, -0.1) is 0 Å². The van der Waals surface area contributed by atoms with Crippen LogP contribution in [-0.2, 0) is 16.0 Å². The van der Waals surface area contributed by atoms with E-state index in [0.29, 0.717) is 11.4 Å². The van der Waals surface area contributed by atoms with Crippen molar-refractivity contribution in [1.29, 1.82) is 0 Å². The molecular formula is C12H16ClN3O2. The summed E-state index contributed by atoms with van der Waals surface area (Å²) in [5.74, 6) is -0.547. The Morgan fingerprint density at radius 1 is 1.17 bits per heavy atom. The number of hydrogen-bond acceptors (Lipinski definition) is 3.